The van der Waals surface area contributed by atoms with Crippen LogP contribution in [-0.4, -0.2) is 18.1 Å². The molecule has 4 heteroatoms. The van der Waals surface area contributed by atoms with Gasteiger partial charge in [0.05, 0.1) is 10.6 Å². The number of nitrogens with zero attached hydrogens (tertiary/aromatic N) is 1. The van der Waals surface area contributed by atoms with Gasteiger partial charge in [0.2, 0.25) is 0 Å². The average molecular weight is 269 g/mol. The van der Waals surface area contributed by atoms with E-state index in [9.17, 15) is 0 Å². The van der Waals surface area contributed by atoms with Crippen LogP contribution in [0.1, 0.15) is 25.3 Å². The molecule has 1 aromatic rings. The highest BCUT2D eigenvalue weighted by atomic mass is 35.5. The van der Waals surface area contributed by atoms with Crippen molar-refractivity contribution in [3.63, 3.8) is 0 Å². The largest absolute Gasteiger partial charge is 0.389 e. The van der Waals surface area contributed by atoms with Crippen LogP contribution in [0.5, 0.6) is 0 Å². The molecule has 1 saturated heterocycles. The molecule has 1 fully saturated rings. The Labute approximate surface area is 113 Å². The molecule has 1 heterocycles. The highest BCUT2D eigenvalue weighted by Crippen LogP contribution is 2.30. The maximum Gasteiger partial charge on any atom is 0.107 e. The number of benzene rings is 1. The fraction of sp³-hybridized carbons (Fsp3) is 0.462. The highest BCUT2D eigenvalue weighted by molar-refractivity contribution is 7.80. The molecule has 0 saturated carbocycles. The summed E-state index contributed by atoms with van der Waals surface area (Å²) in [5.41, 5.74) is 7.67. The van der Waals surface area contributed by atoms with Gasteiger partial charge in [-0.2, -0.15) is 0 Å². The zero-order valence-electron chi connectivity index (χ0n) is 9.95. The average Bonchev–Trinajstić information content (AvgIpc) is 2.29. The van der Waals surface area contributed by atoms with Crippen molar-refractivity contribution in [1.29, 1.82) is 0 Å². The summed E-state index contributed by atoms with van der Waals surface area (Å²) in [7, 11) is 0. The molecule has 2 rings (SSSR count). The molecule has 0 spiro atoms. The van der Waals surface area contributed by atoms with Gasteiger partial charge in [0.1, 0.15) is 4.99 Å². The smallest absolute Gasteiger partial charge is 0.107 e. The van der Waals surface area contributed by atoms with E-state index in [1.165, 1.54) is 12.8 Å². The molecule has 0 bridgehead atoms. The van der Waals surface area contributed by atoms with Crippen LogP contribution in [0.4, 0.5) is 5.69 Å². The number of piperidine rings is 1. The molecule has 0 unspecified atom stereocenters. The lowest BCUT2D eigenvalue weighted by Gasteiger charge is -2.33. The first-order valence-corrected chi connectivity index (χ1v) is 6.71. The number of hydrogen-bond acceptors (Lipinski definition) is 2. The lowest BCUT2D eigenvalue weighted by Crippen LogP contribution is -2.34. The van der Waals surface area contributed by atoms with Crippen molar-refractivity contribution in [3.05, 3.63) is 28.8 Å². The van der Waals surface area contributed by atoms with E-state index in [0.717, 1.165) is 30.3 Å². The molecule has 1 aliphatic rings. The first-order chi connectivity index (χ1) is 8.09. The Hall–Kier alpha value is -0.800. The number of thiocarbonyl (C=S) groups is 1. The van der Waals surface area contributed by atoms with E-state index >= 15 is 0 Å². The van der Waals surface area contributed by atoms with E-state index in [-0.39, 0.29) is 0 Å². The lowest BCUT2D eigenvalue weighted by molar-refractivity contribution is 0.438. The third-order valence-corrected chi connectivity index (χ3v) is 3.88. The molecule has 17 heavy (non-hydrogen) atoms. The summed E-state index contributed by atoms with van der Waals surface area (Å²) in [4.78, 5) is 2.71. The molecular weight excluding hydrogens is 252 g/mol. The van der Waals surface area contributed by atoms with Crippen LogP contribution in [0.25, 0.3) is 0 Å². The zero-order chi connectivity index (χ0) is 12.4. The summed E-state index contributed by atoms with van der Waals surface area (Å²) in [6.45, 7) is 4.40. The fourth-order valence-electron chi connectivity index (χ4n) is 2.27. The van der Waals surface area contributed by atoms with Gasteiger partial charge in [-0.25, -0.2) is 0 Å². The van der Waals surface area contributed by atoms with Crippen LogP contribution in [-0.2, 0) is 0 Å². The second kappa shape index (κ2) is 5.23. The predicted octanol–water partition coefficient (Wildman–Crippen LogP) is 3.21. The molecule has 0 aromatic heterocycles. The van der Waals surface area contributed by atoms with Crippen LogP contribution in [0.3, 0.4) is 0 Å². The van der Waals surface area contributed by atoms with Gasteiger partial charge in [0, 0.05) is 18.8 Å². The fourth-order valence-corrected chi connectivity index (χ4v) is 2.81. The van der Waals surface area contributed by atoms with Gasteiger partial charge >= 0.3 is 0 Å². The van der Waals surface area contributed by atoms with E-state index in [0.29, 0.717) is 10.0 Å². The third kappa shape index (κ3) is 2.72. The van der Waals surface area contributed by atoms with Gasteiger partial charge in [-0.1, -0.05) is 36.8 Å². The SMILES string of the molecule is CC1CCN(c2cccc(Cl)c2C(N)=S)CC1. The van der Waals surface area contributed by atoms with Gasteiger partial charge < -0.3 is 10.6 Å². The van der Waals surface area contributed by atoms with Gasteiger partial charge in [0.25, 0.3) is 0 Å². The number of halogens is 1. The first kappa shape index (κ1) is 12.7. The summed E-state index contributed by atoms with van der Waals surface area (Å²) >= 11 is 11.3. The molecule has 0 radical (unpaired) electrons. The molecule has 2 nitrogen and oxygen atoms in total. The van der Waals surface area contributed by atoms with Crippen LogP contribution < -0.4 is 10.6 Å². The van der Waals surface area contributed by atoms with Crippen molar-refractivity contribution in [3.8, 4) is 0 Å². The van der Waals surface area contributed by atoms with E-state index in [2.05, 4.69) is 17.9 Å². The van der Waals surface area contributed by atoms with Gasteiger partial charge in [-0.15, -0.1) is 0 Å². The molecule has 0 amide bonds. The quantitative estimate of drug-likeness (QED) is 0.836. The summed E-state index contributed by atoms with van der Waals surface area (Å²) in [6, 6.07) is 5.85. The molecule has 1 aliphatic heterocycles. The van der Waals surface area contributed by atoms with E-state index < -0.39 is 0 Å². The Morgan fingerprint density at radius 1 is 1.41 bits per heavy atom. The van der Waals surface area contributed by atoms with Gasteiger partial charge in [-0.05, 0) is 30.9 Å². The van der Waals surface area contributed by atoms with Crippen molar-refractivity contribution >= 4 is 34.5 Å². The van der Waals surface area contributed by atoms with E-state index in [1.54, 1.807) is 0 Å². The maximum absolute atomic E-state index is 6.18. The highest BCUT2D eigenvalue weighted by Gasteiger charge is 2.20. The number of nitrogens with two attached hydrogens (primary N) is 1. The summed E-state index contributed by atoms with van der Waals surface area (Å²) in [5, 5.41) is 0.647. The standard InChI is InChI=1S/C13H17ClN2S/c1-9-5-7-16(8-6-9)11-4-2-3-10(14)12(11)13(15)17/h2-4,9H,5-8H2,1H3,(H2,15,17). The minimum atomic E-state index is 0.379. The van der Waals surface area contributed by atoms with Gasteiger partial charge in [0.15, 0.2) is 0 Å². The Morgan fingerprint density at radius 2 is 2.06 bits per heavy atom. The summed E-state index contributed by atoms with van der Waals surface area (Å²) in [5.74, 6) is 0.804. The number of anilines is 1. The monoisotopic (exact) mass is 268 g/mol. The third-order valence-electron chi connectivity index (χ3n) is 3.36. The maximum atomic E-state index is 6.18. The minimum absolute atomic E-state index is 0.379. The van der Waals surface area contributed by atoms with Crippen molar-refractivity contribution in [2.75, 3.05) is 18.0 Å². The Balaban J connectivity index is 2.32. The van der Waals surface area contributed by atoms with Gasteiger partial charge in [-0.3, -0.25) is 0 Å². The Morgan fingerprint density at radius 3 is 2.65 bits per heavy atom. The zero-order valence-corrected chi connectivity index (χ0v) is 11.5. The molecule has 1 aromatic carbocycles. The summed E-state index contributed by atoms with van der Waals surface area (Å²) in [6.07, 6.45) is 2.42. The van der Waals surface area contributed by atoms with Crippen molar-refractivity contribution in [1.82, 2.24) is 0 Å². The second-order valence-corrected chi connectivity index (χ2v) is 5.51. The molecular formula is C13H17ClN2S. The number of hydrogen-bond donors (Lipinski definition) is 1. The first-order valence-electron chi connectivity index (χ1n) is 5.93. The minimum Gasteiger partial charge on any atom is -0.389 e. The summed E-state index contributed by atoms with van der Waals surface area (Å²) < 4.78 is 0. The van der Waals surface area contributed by atoms with E-state index in [1.807, 2.05) is 12.1 Å². The Bertz CT molecular complexity index is 425. The van der Waals surface area contributed by atoms with Crippen LogP contribution in [0, 0.1) is 5.92 Å². The lowest BCUT2D eigenvalue weighted by atomic mass is 9.98. The van der Waals surface area contributed by atoms with E-state index in [4.69, 9.17) is 29.6 Å². The molecule has 92 valence electrons. The normalized spacial score (nSPS) is 17.2. The molecule has 0 aliphatic carbocycles. The Kier molecular flexibility index (Phi) is 3.89. The second-order valence-electron chi connectivity index (χ2n) is 4.67. The van der Waals surface area contributed by atoms with Crippen LogP contribution >= 0.6 is 23.8 Å². The van der Waals surface area contributed by atoms with Crippen LogP contribution in [0.15, 0.2) is 18.2 Å². The topological polar surface area (TPSA) is 29.3 Å². The van der Waals surface area contributed by atoms with Crippen molar-refractivity contribution < 1.29 is 0 Å². The molecule has 2 N–H and O–H groups in total. The van der Waals surface area contributed by atoms with Crippen molar-refractivity contribution in [2.45, 2.75) is 19.8 Å². The van der Waals surface area contributed by atoms with Crippen LogP contribution in [0.2, 0.25) is 5.02 Å². The number of rotatable bonds is 2. The molecule has 0 atom stereocenters. The predicted molar refractivity (Wildman–Crippen MR) is 78.0 cm³/mol. The van der Waals surface area contributed by atoms with Crippen molar-refractivity contribution in [2.24, 2.45) is 11.7 Å².